The first kappa shape index (κ1) is 35.4. The van der Waals surface area contributed by atoms with Crippen LogP contribution >= 0.6 is 0 Å². The van der Waals surface area contributed by atoms with Crippen molar-refractivity contribution >= 4 is 23.3 Å². The van der Waals surface area contributed by atoms with E-state index in [-0.39, 0.29) is 33.6 Å². The van der Waals surface area contributed by atoms with E-state index >= 15 is 0 Å². The summed E-state index contributed by atoms with van der Waals surface area (Å²) < 4.78 is 12.5. The normalized spacial score (nSPS) is 17.7. The van der Waals surface area contributed by atoms with Gasteiger partial charge in [-0.05, 0) is 68.2 Å². The number of carbonyl (C=O) groups excluding carboxylic acids is 2. The minimum atomic E-state index is -0.725. The van der Waals surface area contributed by atoms with Crippen LogP contribution in [0.25, 0.3) is 0 Å². The number of benzene rings is 4. The first-order chi connectivity index (χ1) is 23.1. The smallest absolute Gasteiger partial charge is 0.323 e. The van der Waals surface area contributed by atoms with Crippen molar-refractivity contribution in [1.29, 1.82) is 0 Å². The Kier molecular flexibility index (Phi) is 8.41. The fourth-order valence-corrected chi connectivity index (χ4v) is 7.19. The summed E-state index contributed by atoms with van der Waals surface area (Å²) in [7, 11) is 2.02. The van der Waals surface area contributed by atoms with Gasteiger partial charge in [0.2, 0.25) is 0 Å². The second-order valence-corrected chi connectivity index (χ2v) is 18.3. The molecule has 2 unspecified atom stereocenters. The van der Waals surface area contributed by atoms with E-state index in [1.807, 2.05) is 37.4 Å². The van der Waals surface area contributed by atoms with Crippen LogP contribution in [0.15, 0.2) is 72.8 Å². The van der Waals surface area contributed by atoms with Crippen molar-refractivity contribution < 1.29 is 19.1 Å². The number of rotatable bonds is 4. The van der Waals surface area contributed by atoms with Gasteiger partial charge in [-0.25, -0.2) is 0 Å². The van der Waals surface area contributed by atoms with Crippen molar-refractivity contribution in [1.82, 2.24) is 0 Å². The van der Waals surface area contributed by atoms with E-state index in [2.05, 4.69) is 130 Å². The summed E-state index contributed by atoms with van der Waals surface area (Å²) in [5.74, 6) is -0.819. The number of anilines is 2. The minimum Gasteiger partial charge on any atom is -0.425 e. The third-order valence-corrected chi connectivity index (χ3v) is 10.3. The zero-order valence-electron chi connectivity index (χ0n) is 32.2. The molecule has 2 heterocycles. The summed E-state index contributed by atoms with van der Waals surface area (Å²) in [6, 6.07) is 25.0. The predicted octanol–water partition coefficient (Wildman–Crippen LogP) is 10.7. The van der Waals surface area contributed by atoms with E-state index in [1.54, 1.807) is 0 Å². The number of esters is 2. The maximum Gasteiger partial charge on any atom is 0.323 e. The van der Waals surface area contributed by atoms with Crippen LogP contribution in [0.1, 0.15) is 139 Å². The number of hydrogen-bond donors (Lipinski definition) is 0. The van der Waals surface area contributed by atoms with Gasteiger partial charge >= 0.3 is 11.9 Å². The number of carbonyl (C=O) groups is 2. The van der Waals surface area contributed by atoms with Gasteiger partial charge in [-0.3, -0.25) is 9.59 Å². The lowest BCUT2D eigenvalue weighted by Gasteiger charge is -2.28. The monoisotopic (exact) mass is 671 g/mol. The van der Waals surface area contributed by atoms with Gasteiger partial charge in [-0.2, -0.15) is 0 Å². The highest BCUT2D eigenvalue weighted by atomic mass is 16.5. The molecule has 262 valence electrons. The Balaban J connectivity index is 1.65. The molecule has 5 heteroatoms. The molecule has 0 fully saturated rings. The van der Waals surface area contributed by atoms with Crippen molar-refractivity contribution in [3.8, 4) is 11.5 Å². The SMILES string of the molecule is CN(c1ccccc1)c1ccc(C2C(=O)Oc3c2cc(C(C)(C)C)cc3C(C)(C)C)c(C2C(=O)Oc3c2cc(C(C)(C)C)cc3C(C)(C)C)c1. The van der Waals surface area contributed by atoms with E-state index < -0.39 is 11.8 Å². The topological polar surface area (TPSA) is 55.8 Å². The molecule has 0 bridgehead atoms. The lowest BCUT2D eigenvalue weighted by molar-refractivity contribution is -0.134. The molecule has 4 aromatic carbocycles. The lowest BCUT2D eigenvalue weighted by Crippen LogP contribution is -2.20. The first-order valence-electron chi connectivity index (χ1n) is 17.8. The zero-order chi connectivity index (χ0) is 36.7. The highest BCUT2D eigenvalue weighted by molar-refractivity contribution is 5.95. The molecule has 4 aromatic rings. The van der Waals surface area contributed by atoms with Crippen molar-refractivity contribution in [3.05, 3.63) is 117 Å². The van der Waals surface area contributed by atoms with Crippen LogP contribution < -0.4 is 14.4 Å². The average Bonchev–Trinajstić information content (AvgIpc) is 3.52. The molecule has 0 aliphatic carbocycles. The summed E-state index contributed by atoms with van der Waals surface area (Å²) in [6.45, 7) is 26.1. The quantitative estimate of drug-likeness (QED) is 0.160. The molecule has 0 amide bonds. The van der Waals surface area contributed by atoms with Crippen molar-refractivity contribution in [2.24, 2.45) is 0 Å². The number of para-hydroxylation sites is 1. The van der Waals surface area contributed by atoms with Gasteiger partial charge < -0.3 is 14.4 Å². The Hall–Kier alpha value is -4.38. The second-order valence-electron chi connectivity index (χ2n) is 18.3. The van der Waals surface area contributed by atoms with E-state index in [4.69, 9.17) is 9.47 Å². The number of hydrogen-bond acceptors (Lipinski definition) is 5. The van der Waals surface area contributed by atoms with E-state index in [0.29, 0.717) is 11.5 Å². The molecule has 2 aliphatic heterocycles. The van der Waals surface area contributed by atoms with Crippen LogP contribution in [-0.2, 0) is 31.2 Å². The Morgan fingerprint density at radius 2 is 0.920 bits per heavy atom. The zero-order valence-corrected chi connectivity index (χ0v) is 32.2. The fraction of sp³-hybridized carbons (Fsp3) is 0.422. The molecular weight excluding hydrogens is 618 g/mol. The Morgan fingerprint density at radius 1 is 0.480 bits per heavy atom. The van der Waals surface area contributed by atoms with Gasteiger partial charge in [-0.1, -0.05) is 132 Å². The molecule has 0 N–H and O–H groups in total. The molecule has 50 heavy (non-hydrogen) atoms. The van der Waals surface area contributed by atoms with E-state index in [0.717, 1.165) is 55.9 Å². The molecule has 6 rings (SSSR count). The molecule has 0 aromatic heterocycles. The highest BCUT2D eigenvalue weighted by Crippen LogP contribution is 2.52. The molecular formula is C45H53NO4. The number of fused-ring (bicyclic) bond motifs is 2. The summed E-state index contributed by atoms with van der Waals surface area (Å²) in [4.78, 5) is 30.7. The largest absolute Gasteiger partial charge is 0.425 e. The van der Waals surface area contributed by atoms with Crippen molar-refractivity contribution in [3.63, 3.8) is 0 Å². The van der Waals surface area contributed by atoms with Crippen LogP contribution in [0.3, 0.4) is 0 Å². The lowest BCUT2D eigenvalue weighted by atomic mass is 9.75. The average molecular weight is 672 g/mol. The minimum absolute atomic E-state index is 0.156. The molecule has 2 atom stereocenters. The van der Waals surface area contributed by atoms with Gasteiger partial charge in [0.05, 0.1) is 0 Å². The van der Waals surface area contributed by atoms with Crippen molar-refractivity contribution in [2.45, 2.75) is 117 Å². The first-order valence-corrected chi connectivity index (χ1v) is 17.8. The van der Waals surface area contributed by atoms with Crippen LogP contribution in [-0.4, -0.2) is 19.0 Å². The van der Waals surface area contributed by atoms with Crippen LogP contribution in [0, 0.1) is 0 Å². The maximum absolute atomic E-state index is 14.3. The maximum atomic E-state index is 14.3. The van der Waals surface area contributed by atoms with Crippen LogP contribution in [0.5, 0.6) is 11.5 Å². The van der Waals surface area contributed by atoms with E-state index in [9.17, 15) is 9.59 Å². The summed E-state index contributed by atoms with van der Waals surface area (Å²) >= 11 is 0. The molecule has 5 nitrogen and oxygen atoms in total. The third-order valence-electron chi connectivity index (χ3n) is 10.3. The van der Waals surface area contributed by atoms with Crippen LogP contribution in [0.2, 0.25) is 0 Å². The molecule has 0 saturated carbocycles. The predicted molar refractivity (Wildman–Crippen MR) is 204 cm³/mol. The Bertz CT molecular complexity index is 1990. The van der Waals surface area contributed by atoms with Crippen molar-refractivity contribution in [2.75, 3.05) is 11.9 Å². The van der Waals surface area contributed by atoms with Gasteiger partial charge in [0.1, 0.15) is 23.3 Å². The van der Waals surface area contributed by atoms with Gasteiger partial charge in [0.15, 0.2) is 0 Å². The number of ether oxygens (including phenoxy) is 2. The molecule has 2 aliphatic rings. The Labute approximate surface area is 299 Å². The summed E-state index contributed by atoms with van der Waals surface area (Å²) in [5.41, 5.74) is 8.59. The van der Waals surface area contributed by atoms with Gasteiger partial charge in [-0.15, -0.1) is 0 Å². The van der Waals surface area contributed by atoms with Gasteiger partial charge in [0.25, 0.3) is 0 Å². The molecule has 0 radical (unpaired) electrons. The highest BCUT2D eigenvalue weighted by Gasteiger charge is 2.45. The summed E-state index contributed by atoms with van der Waals surface area (Å²) in [6.07, 6.45) is 0. The second kappa shape index (κ2) is 11.9. The Morgan fingerprint density at radius 3 is 1.34 bits per heavy atom. The molecule has 0 spiro atoms. The number of nitrogens with zero attached hydrogens (tertiary/aromatic N) is 1. The van der Waals surface area contributed by atoms with E-state index in [1.165, 1.54) is 0 Å². The van der Waals surface area contributed by atoms with Gasteiger partial charge in [0, 0.05) is 40.7 Å². The summed E-state index contributed by atoms with van der Waals surface area (Å²) in [5, 5.41) is 0. The standard InChI is InChI=1S/C45H53NO4/c1-42(2,3)26-21-32-36(40(47)49-38(32)34(23-26)44(7,8)9)30-20-19-29(46(13)28-17-15-14-16-18-28)25-31(30)37-33-22-27(43(4,5)6)24-35(45(10,11)12)39(33)50-41(37)48/h14-25,36-37H,1-13H3. The van der Waals surface area contributed by atoms with Crippen LogP contribution in [0.4, 0.5) is 11.4 Å². The fourth-order valence-electron chi connectivity index (χ4n) is 7.19. The molecule has 0 saturated heterocycles. The third kappa shape index (κ3) is 6.25.